The van der Waals surface area contributed by atoms with Gasteiger partial charge in [-0.1, -0.05) is 12.1 Å². The maximum absolute atomic E-state index is 13.2. The number of hydrogen-bond acceptors (Lipinski definition) is 6. The minimum absolute atomic E-state index is 0.283. The molecule has 0 saturated heterocycles. The molecule has 4 N–H and O–H groups in total. The molecule has 0 bridgehead atoms. The van der Waals surface area contributed by atoms with Crippen molar-refractivity contribution in [1.29, 1.82) is 0 Å². The first kappa shape index (κ1) is 16.9. The second-order valence-electron chi connectivity index (χ2n) is 5.74. The van der Waals surface area contributed by atoms with E-state index in [1.54, 1.807) is 23.5 Å². The number of aromatic nitrogens is 1. The number of amidine groups is 1. The van der Waals surface area contributed by atoms with E-state index < -0.39 is 0 Å². The molecule has 6 nitrogen and oxygen atoms in total. The van der Waals surface area contributed by atoms with Gasteiger partial charge in [0.1, 0.15) is 11.6 Å². The molecule has 0 saturated carbocycles. The molecule has 0 aliphatic carbocycles. The number of hydrazone groups is 2. The molecular weight excluding hydrogens is 363 g/mol. The Hall–Kier alpha value is -3.52. The third-order valence-corrected chi connectivity index (χ3v) is 5.04. The number of anilines is 2. The predicted molar refractivity (Wildman–Crippen MR) is 110 cm³/mol. The van der Waals surface area contributed by atoms with Crippen LogP contribution in [0, 0.1) is 5.82 Å². The fourth-order valence-electron chi connectivity index (χ4n) is 2.86. The van der Waals surface area contributed by atoms with Crippen LogP contribution >= 0.6 is 11.3 Å². The van der Waals surface area contributed by atoms with Crippen molar-refractivity contribution in [3.63, 3.8) is 0 Å². The van der Waals surface area contributed by atoms with E-state index in [0.29, 0.717) is 11.7 Å². The number of pyridine rings is 1. The van der Waals surface area contributed by atoms with E-state index in [9.17, 15) is 4.39 Å². The number of thiophene rings is 1. The lowest BCUT2D eigenvalue weighted by atomic mass is 10.1. The van der Waals surface area contributed by atoms with Gasteiger partial charge in [-0.3, -0.25) is 5.43 Å². The highest BCUT2D eigenvalue weighted by molar-refractivity contribution is 7.18. The van der Waals surface area contributed by atoms with Gasteiger partial charge < -0.3 is 11.2 Å². The lowest BCUT2D eigenvalue weighted by Crippen LogP contribution is -2.20. The van der Waals surface area contributed by atoms with Gasteiger partial charge >= 0.3 is 0 Å². The van der Waals surface area contributed by atoms with Crippen molar-refractivity contribution in [1.82, 2.24) is 10.4 Å². The molecule has 0 atom stereocenters. The first-order chi connectivity index (χ1) is 13.2. The van der Waals surface area contributed by atoms with Crippen molar-refractivity contribution in [3.8, 4) is 0 Å². The SMILES string of the molecule is C=NN/C(=N\N)c1ccc2c(c1)nc(Nc1ccc(F)cc1)c1ccsc12. The monoisotopic (exact) mass is 378 g/mol. The van der Waals surface area contributed by atoms with Crippen molar-refractivity contribution in [2.24, 2.45) is 16.0 Å². The van der Waals surface area contributed by atoms with Crippen molar-refractivity contribution < 1.29 is 4.39 Å². The number of benzene rings is 2. The Labute approximate surface area is 158 Å². The van der Waals surface area contributed by atoms with Crippen LogP contribution in [0.1, 0.15) is 5.56 Å². The smallest absolute Gasteiger partial charge is 0.173 e. The van der Waals surface area contributed by atoms with Gasteiger partial charge in [-0.05, 0) is 41.8 Å². The van der Waals surface area contributed by atoms with Crippen LogP contribution in [0.4, 0.5) is 15.9 Å². The molecule has 8 heteroatoms. The average molecular weight is 378 g/mol. The lowest BCUT2D eigenvalue weighted by molar-refractivity contribution is 0.628. The van der Waals surface area contributed by atoms with Gasteiger partial charge in [-0.15, -0.1) is 11.3 Å². The van der Waals surface area contributed by atoms with Gasteiger partial charge in [0.05, 0.1) is 5.52 Å². The third-order valence-electron chi connectivity index (χ3n) is 4.09. The van der Waals surface area contributed by atoms with Gasteiger partial charge in [-0.2, -0.15) is 10.2 Å². The minimum atomic E-state index is -0.283. The largest absolute Gasteiger partial charge is 0.340 e. The molecule has 0 unspecified atom stereocenters. The lowest BCUT2D eigenvalue weighted by Gasteiger charge is -2.11. The van der Waals surface area contributed by atoms with Crippen LogP contribution in [-0.4, -0.2) is 17.5 Å². The average Bonchev–Trinajstić information content (AvgIpc) is 3.18. The number of nitrogens with two attached hydrogens (primary N) is 1. The summed E-state index contributed by atoms with van der Waals surface area (Å²) in [6, 6.07) is 13.9. The van der Waals surface area contributed by atoms with Gasteiger partial charge in [0.15, 0.2) is 5.84 Å². The number of nitrogens with one attached hydrogen (secondary N) is 2. The summed E-state index contributed by atoms with van der Waals surface area (Å²) in [7, 11) is 0. The Morgan fingerprint density at radius 3 is 2.67 bits per heavy atom. The zero-order valence-corrected chi connectivity index (χ0v) is 14.9. The Balaban J connectivity index is 1.85. The number of nitrogens with zero attached hydrogens (tertiary/aromatic N) is 3. The summed E-state index contributed by atoms with van der Waals surface area (Å²) in [6.07, 6.45) is 0. The highest BCUT2D eigenvalue weighted by Gasteiger charge is 2.12. The van der Waals surface area contributed by atoms with E-state index in [-0.39, 0.29) is 5.82 Å². The Morgan fingerprint density at radius 2 is 1.93 bits per heavy atom. The summed E-state index contributed by atoms with van der Waals surface area (Å²) in [5.74, 6) is 6.24. The van der Waals surface area contributed by atoms with Gasteiger partial charge in [0, 0.05) is 33.4 Å². The zero-order chi connectivity index (χ0) is 18.8. The second kappa shape index (κ2) is 7.00. The first-order valence-corrected chi connectivity index (χ1v) is 8.91. The first-order valence-electron chi connectivity index (χ1n) is 8.03. The van der Waals surface area contributed by atoms with Gasteiger partial charge in [0.2, 0.25) is 0 Å². The van der Waals surface area contributed by atoms with Crippen LogP contribution in [0.15, 0.2) is 64.1 Å². The summed E-state index contributed by atoms with van der Waals surface area (Å²) in [6.45, 7) is 3.39. The summed E-state index contributed by atoms with van der Waals surface area (Å²) >= 11 is 1.64. The van der Waals surface area contributed by atoms with E-state index >= 15 is 0 Å². The molecule has 0 aliphatic rings. The molecule has 0 amide bonds. The zero-order valence-electron chi connectivity index (χ0n) is 14.1. The van der Waals surface area contributed by atoms with Crippen LogP contribution in [-0.2, 0) is 0 Å². The molecule has 0 aliphatic heterocycles. The quantitative estimate of drug-likeness (QED) is 0.215. The predicted octanol–water partition coefficient (Wildman–Crippen LogP) is 4.16. The van der Waals surface area contributed by atoms with E-state index in [0.717, 1.165) is 32.2 Å². The molecule has 0 spiro atoms. The van der Waals surface area contributed by atoms with Crippen molar-refractivity contribution in [2.75, 3.05) is 5.32 Å². The van der Waals surface area contributed by atoms with Crippen LogP contribution in [0.3, 0.4) is 0 Å². The molecule has 2 aromatic carbocycles. The number of halogens is 1. The fourth-order valence-corrected chi connectivity index (χ4v) is 3.79. The van der Waals surface area contributed by atoms with Crippen LogP contribution < -0.4 is 16.6 Å². The molecule has 0 radical (unpaired) electrons. The number of rotatable bonds is 4. The molecule has 2 heterocycles. The van der Waals surface area contributed by atoms with E-state index in [1.807, 2.05) is 29.6 Å². The van der Waals surface area contributed by atoms with Gasteiger partial charge in [0.25, 0.3) is 0 Å². The summed E-state index contributed by atoms with van der Waals surface area (Å²) in [4.78, 5) is 4.76. The molecule has 134 valence electrons. The molecule has 2 aromatic heterocycles. The molecular formula is C19H15FN6S. The molecule has 0 fully saturated rings. The maximum atomic E-state index is 13.2. The van der Waals surface area contributed by atoms with Crippen LogP contribution in [0.25, 0.3) is 21.0 Å². The Bertz CT molecular complexity index is 1170. The van der Waals surface area contributed by atoms with Gasteiger partial charge in [-0.25, -0.2) is 9.37 Å². The molecule has 4 aromatic rings. The normalized spacial score (nSPS) is 11.7. The number of hydrogen-bond donors (Lipinski definition) is 3. The summed E-state index contributed by atoms with van der Waals surface area (Å²) in [5.41, 5.74) is 4.95. The van der Waals surface area contributed by atoms with Crippen molar-refractivity contribution in [2.45, 2.75) is 0 Å². The van der Waals surface area contributed by atoms with Crippen molar-refractivity contribution in [3.05, 3.63) is 65.3 Å². The highest BCUT2D eigenvalue weighted by Crippen LogP contribution is 2.35. The highest BCUT2D eigenvalue weighted by atomic mass is 32.1. The van der Waals surface area contributed by atoms with Crippen LogP contribution in [0.5, 0.6) is 0 Å². The second-order valence-corrected chi connectivity index (χ2v) is 6.65. The Morgan fingerprint density at radius 1 is 1.11 bits per heavy atom. The van der Waals surface area contributed by atoms with Crippen LogP contribution in [0.2, 0.25) is 0 Å². The summed E-state index contributed by atoms with van der Waals surface area (Å²) in [5, 5.41) is 14.6. The van der Waals surface area contributed by atoms with E-state index in [1.165, 1.54) is 12.1 Å². The van der Waals surface area contributed by atoms with Crippen molar-refractivity contribution >= 4 is 56.4 Å². The summed E-state index contributed by atoms with van der Waals surface area (Å²) < 4.78 is 14.3. The minimum Gasteiger partial charge on any atom is -0.340 e. The standard InChI is InChI=1S/C19H15FN6S/c1-22-26-18(25-21)11-2-7-14-16(10-11)24-19(15-8-9-27-17(14)15)23-13-5-3-12(20)4-6-13/h2-10H,1,21H2,(H,23,24)(H,25,26). The van der Waals surface area contributed by atoms with E-state index in [4.69, 9.17) is 10.8 Å². The third kappa shape index (κ3) is 3.18. The van der Waals surface area contributed by atoms with E-state index in [2.05, 4.69) is 27.7 Å². The fraction of sp³-hybridized carbons (Fsp3) is 0. The Kier molecular flexibility index (Phi) is 4.39. The molecule has 4 rings (SSSR count). The number of fused-ring (bicyclic) bond motifs is 3. The maximum Gasteiger partial charge on any atom is 0.173 e. The molecule has 27 heavy (non-hydrogen) atoms. The topological polar surface area (TPSA) is 87.7 Å².